The zero-order valence-electron chi connectivity index (χ0n) is 25.7. The van der Waals surface area contributed by atoms with Crippen LogP contribution in [0.2, 0.25) is 0 Å². The third-order valence-electron chi connectivity index (χ3n) is 7.25. The number of rotatable bonds is 13. The highest BCUT2D eigenvalue weighted by atomic mass is 16.2. The molecule has 3 aromatic carbocycles. The molecule has 3 amide bonds. The van der Waals surface area contributed by atoms with Crippen molar-refractivity contribution in [2.45, 2.75) is 57.2 Å². The van der Waals surface area contributed by atoms with Crippen LogP contribution >= 0.6 is 0 Å². The van der Waals surface area contributed by atoms with Gasteiger partial charge in [0, 0.05) is 40.2 Å². The monoisotopic (exact) mass is 571 g/mol. The van der Waals surface area contributed by atoms with Crippen molar-refractivity contribution in [1.29, 1.82) is 0 Å². The summed E-state index contributed by atoms with van der Waals surface area (Å²) in [5.74, 6) is -0.886. The van der Waals surface area contributed by atoms with E-state index in [4.69, 9.17) is 5.73 Å². The lowest BCUT2D eigenvalue weighted by Crippen LogP contribution is -2.56. The number of carbonyl (C=O) groups is 3. The van der Waals surface area contributed by atoms with Crippen molar-refractivity contribution in [2.75, 3.05) is 28.2 Å². The molecule has 0 heterocycles. The van der Waals surface area contributed by atoms with Gasteiger partial charge in [0.2, 0.25) is 11.8 Å². The minimum atomic E-state index is -0.782. The smallest absolute Gasteiger partial charge is 0.257 e. The van der Waals surface area contributed by atoms with Gasteiger partial charge in [0.1, 0.15) is 12.1 Å². The SMILES string of the molecule is CN(C)NC(=O)[C@@H](Cc1ccccc1)N(C)C(=O)C(CCc1ccc2ccccc2c1)N(C)C(=O)/C=C/CC(C)(C)N. The van der Waals surface area contributed by atoms with E-state index in [1.165, 1.54) is 15.9 Å². The van der Waals surface area contributed by atoms with Gasteiger partial charge in [-0.1, -0.05) is 78.9 Å². The van der Waals surface area contributed by atoms with Crippen LogP contribution in [0.5, 0.6) is 0 Å². The highest BCUT2D eigenvalue weighted by Crippen LogP contribution is 2.20. The Bertz CT molecular complexity index is 1380. The Morgan fingerprint density at radius 1 is 0.833 bits per heavy atom. The first kappa shape index (κ1) is 32.5. The minimum absolute atomic E-state index is 0.290. The number of nitrogens with two attached hydrogens (primary N) is 1. The summed E-state index contributed by atoms with van der Waals surface area (Å²) >= 11 is 0. The van der Waals surface area contributed by atoms with Gasteiger partial charge < -0.3 is 15.5 Å². The van der Waals surface area contributed by atoms with E-state index in [-0.39, 0.29) is 17.7 Å². The van der Waals surface area contributed by atoms with Gasteiger partial charge in [-0.3, -0.25) is 19.8 Å². The number of hydrogen-bond acceptors (Lipinski definition) is 5. The Labute approximate surface area is 250 Å². The maximum Gasteiger partial charge on any atom is 0.257 e. The number of likely N-dealkylation sites (N-methyl/N-ethyl adjacent to an activating group) is 2. The molecule has 0 fully saturated rings. The lowest BCUT2D eigenvalue weighted by molar-refractivity contribution is -0.147. The lowest BCUT2D eigenvalue weighted by atomic mass is 9.98. The number of nitrogens with one attached hydrogen (secondary N) is 1. The normalized spacial score (nSPS) is 13.2. The van der Waals surface area contributed by atoms with Crippen LogP contribution in [0.15, 0.2) is 84.9 Å². The van der Waals surface area contributed by atoms with Crippen molar-refractivity contribution in [3.05, 3.63) is 96.1 Å². The second-order valence-electron chi connectivity index (χ2n) is 11.8. The largest absolute Gasteiger partial charge is 0.332 e. The van der Waals surface area contributed by atoms with Crippen LogP contribution in [0.1, 0.15) is 37.8 Å². The molecule has 0 aliphatic rings. The Kier molecular flexibility index (Phi) is 11.4. The third-order valence-corrected chi connectivity index (χ3v) is 7.25. The summed E-state index contributed by atoms with van der Waals surface area (Å²) < 4.78 is 0. The average Bonchev–Trinajstić information content (AvgIpc) is 2.94. The van der Waals surface area contributed by atoms with Crippen LogP contribution in [0.25, 0.3) is 10.8 Å². The van der Waals surface area contributed by atoms with Crippen molar-refractivity contribution in [1.82, 2.24) is 20.2 Å². The van der Waals surface area contributed by atoms with Gasteiger partial charge in [-0.2, -0.15) is 0 Å². The van der Waals surface area contributed by atoms with E-state index in [9.17, 15) is 14.4 Å². The fraction of sp³-hybridized carbons (Fsp3) is 0.382. The van der Waals surface area contributed by atoms with Crippen LogP contribution in [-0.4, -0.2) is 78.3 Å². The molecule has 3 N–H and O–H groups in total. The minimum Gasteiger partial charge on any atom is -0.332 e. The van der Waals surface area contributed by atoms with Gasteiger partial charge in [-0.25, -0.2) is 5.01 Å². The number of hydrogen-bond donors (Lipinski definition) is 2. The molecule has 0 bridgehead atoms. The van der Waals surface area contributed by atoms with Gasteiger partial charge >= 0.3 is 0 Å². The average molecular weight is 572 g/mol. The molecule has 0 saturated heterocycles. The Hall–Kier alpha value is -4.01. The van der Waals surface area contributed by atoms with Gasteiger partial charge in [-0.05, 0) is 61.1 Å². The molecule has 0 aliphatic carbocycles. The molecule has 8 heteroatoms. The van der Waals surface area contributed by atoms with E-state index in [0.717, 1.165) is 21.9 Å². The first-order valence-corrected chi connectivity index (χ1v) is 14.3. The molecule has 3 rings (SSSR count). The molecule has 224 valence electrons. The summed E-state index contributed by atoms with van der Waals surface area (Å²) in [5.41, 5.74) is 10.4. The van der Waals surface area contributed by atoms with E-state index in [2.05, 4.69) is 35.8 Å². The maximum atomic E-state index is 14.2. The molecule has 0 aromatic heterocycles. The maximum absolute atomic E-state index is 14.2. The van der Waals surface area contributed by atoms with Crippen LogP contribution in [0.3, 0.4) is 0 Å². The van der Waals surface area contributed by atoms with Gasteiger partial charge in [0.15, 0.2) is 0 Å². The van der Waals surface area contributed by atoms with E-state index in [0.29, 0.717) is 25.7 Å². The number of amides is 3. The van der Waals surface area contributed by atoms with Crippen LogP contribution in [0, 0.1) is 0 Å². The van der Waals surface area contributed by atoms with Crippen molar-refractivity contribution in [3.63, 3.8) is 0 Å². The first-order valence-electron chi connectivity index (χ1n) is 14.3. The highest BCUT2D eigenvalue weighted by Gasteiger charge is 2.34. The van der Waals surface area contributed by atoms with E-state index in [1.807, 2.05) is 56.3 Å². The predicted molar refractivity (Wildman–Crippen MR) is 169 cm³/mol. The molecule has 42 heavy (non-hydrogen) atoms. The summed E-state index contributed by atoms with van der Waals surface area (Å²) in [5, 5.41) is 3.83. The lowest BCUT2D eigenvalue weighted by Gasteiger charge is -2.34. The zero-order chi connectivity index (χ0) is 30.9. The summed E-state index contributed by atoms with van der Waals surface area (Å²) in [4.78, 5) is 43.7. The van der Waals surface area contributed by atoms with Crippen LogP contribution < -0.4 is 11.2 Å². The third kappa shape index (κ3) is 9.53. The van der Waals surface area contributed by atoms with E-state index in [1.54, 1.807) is 39.3 Å². The highest BCUT2D eigenvalue weighted by molar-refractivity contribution is 5.94. The molecular weight excluding hydrogens is 526 g/mol. The molecule has 0 radical (unpaired) electrons. The number of carbonyl (C=O) groups excluding carboxylic acids is 3. The van der Waals surface area contributed by atoms with Crippen LogP contribution in [-0.2, 0) is 27.2 Å². The molecule has 0 saturated carbocycles. The van der Waals surface area contributed by atoms with Gasteiger partial charge in [0.25, 0.3) is 5.91 Å². The molecule has 2 atom stereocenters. The summed E-state index contributed by atoms with van der Waals surface area (Å²) in [6.45, 7) is 3.78. The van der Waals surface area contributed by atoms with Crippen molar-refractivity contribution < 1.29 is 14.4 Å². The zero-order valence-corrected chi connectivity index (χ0v) is 25.7. The topological polar surface area (TPSA) is 99.0 Å². The molecular formula is C34H45N5O3. The Balaban J connectivity index is 1.90. The quantitative estimate of drug-likeness (QED) is 0.239. The van der Waals surface area contributed by atoms with E-state index >= 15 is 0 Å². The Morgan fingerprint density at radius 3 is 2.12 bits per heavy atom. The second kappa shape index (κ2) is 14.8. The van der Waals surface area contributed by atoms with Gasteiger partial charge in [0.05, 0.1) is 0 Å². The standard InChI is InChI=1S/C34H45N5O3/c1-34(2,35)22-12-17-31(40)38(5)29(21-19-26-18-20-27-15-10-11-16-28(27)23-26)33(42)39(6)30(32(41)36-37(3)4)24-25-13-8-7-9-14-25/h7-18,20,23,29-30H,19,21-22,24,35H2,1-6H3,(H,36,41)/b17-12+/t29?,30-/m1/s1. The van der Waals surface area contributed by atoms with Crippen molar-refractivity contribution in [2.24, 2.45) is 5.73 Å². The van der Waals surface area contributed by atoms with Gasteiger partial charge in [-0.15, -0.1) is 0 Å². The fourth-order valence-corrected chi connectivity index (χ4v) is 4.84. The van der Waals surface area contributed by atoms with E-state index < -0.39 is 17.6 Å². The first-order chi connectivity index (χ1) is 19.9. The molecule has 0 aliphatic heterocycles. The number of nitrogens with zero attached hydrogens (tertiary/aromatic N) is 3. The fourth-order valence-electron chi connectivity index (χ4n) is 4.84. The number of fused-ring (bicyclic) bond motifs is 1. The Morgan fingerprint density at radius 2 is 1.48 bits per heavy atom. The van der Waals surface area contributed by atoms with Crippen molar-refractivity contribution in [3.8, 4) is 0 Å². The summed E-state index contributed by atoms with van der Waals surface area (Å²) in [6, 6.07) is 22.4. The second-order valence-corrected chi connectivity index (χ2v) is 11.8. The molecule has 1 unspecified atom stereocenters. The summed E-state index contributed by atoms with van der Waals surface area (Å²) in [6.07, 6.45) is 5.06. The van der Waals surface area contributed by atoms with Crippen LogP contribution in [0.4, 0.5) is 0 Å². The van der Waals surface area contributed by atoms with Crippen molar-refractivity contribution >= 4 is 28.5 Å². The summed E-state index contributed by atoms with van der Waals surface area (Å²) in [7, 11) is 6.74. The number of aryl methyl sites for hydroxylation is 1. The number of benzene rings is 3. The number of hydrazine groups is 1. The molecule has 3 aromatic rings. The molecule has 0 spiro atoms. The predicted octanol–water partition coefficient (Wildman–Crippen LogP) is 3.95. The molecule has 8 nitrogen and oxygen atoms in total.